The van der Waals surface area contributed by atoms with Crippen LogP contribution in [-0.4, -0.2) is 35.2 Å². The summed E-state index contributed by atoms with van der Waals surface area (Å²) < 4.78 is 2.14. The molecule has 1 aromatic heterocycles. The number of benzene rings is 2. The molecule has 0 aliphatic heterocycles. The number of imidazole rings is 1. The van der Waals surface area contributed by atoms with Crippen LogP contribution in [0.2, 0.25) is 0 Å². The first-order valence-electron chi connectivity index (χ1n) is 10.4. The van der Waals surface area contributed by atoms with E-state index in [-0.39, 0.29) is 12.1 Å². The van der Waals surface area contributed by atoms with Gasteiger partial charge in [0, 0.05) is 55.9 Å². The number of aromatic nitrogens is 2. The van der Waals surface area contributed by atoms with Crippen LogP contribution in [0.15, 0.2) is 67.0 Å². The summed E-state index contributed by atoms with van der Waals surface area (Å²) in [5.41, 5.74) is 3.02. The van der Waals surface area contributed by atoms with Crippen LogP contribution in [0.3, 0.4) is 0 Å². The number of carbonyl (C=O) groups is 1. The Balaban J connectivity index is 1.54. The molecule has 0 saturated carbocycles. The van der Waals surface area contributed by atoms with Crippen LogP contribution in [-0.2, 0) is 6.54 Å². The highest BCUT2D eigenvalue weighted by Crippen LogP contribution is 2.17. The van der Waals surface area contributed by atoms with E-state index >= 15 is 0 Å². The van der Waals surface area contributed by atoms with Crippen molar-refractivity contribution in [3.63, 3.8) is 0 Å². The number of urea groups is 1. The summed E-state index contributed by atoms with van der Waals surface area (Å²) in [5, 5.41) is 5.90. The van der Waals surface area contributed by atoms with Gasteiger partial charge in [0.1, 0.15) is 5.82 Å². The van der Waals surface area contributed by atoms with E-state index in [4.69, 9.17) is 0 Å². The molecule has 6 nitrogen and oxygen atoms in total. The fourth-order valence-electron chi connectivity index (χ4n) is 3.37. The van der Waals surface area contributed by atoms with Gasteiger partial charge in [0.15, 0.2) is 0 Å². The third-order valence-corrected chi connectivity index (χ3v) is 5.18. The number of rotatable bonds is 8. The van der Waals surface area contributed by atoms with E-state index in [0.717, 1.165) is 29.3 Å². The molecule has 0 fully saturated rings. The van der Waals surface area contributed by atoms with Crippen molar-refractivity contribution in [3.8, 4) is 0 Å². The van der Waals surface area contributed by atoms with Crippen molar-refractivity contribution < 1.29 is 4.79 Å². The molecule has 1 atom stereocenters. The molecule has 2 amide bonds. The van der Waals surface area contributed by atoms with Gasteiger partial charge in [-0.2, -0.15) is 0 Å². The second-order valence-electron chi connectivity index (χ2n) is 7.90. The largest absolute Gasteiger partial charge is 0.370 e. The SMILES string of the molecule is CC(C)c1nccn1Cc1cccc(NC(=O)NCC(C)N(C)c2ccccc2)c1. The summed E-state index contributed by atoms with van der Waals surface area (Å²) in [6.45, 7) is 7.63. The van der Waals surface area contributed by atoms with Crippen LogP contribution >= 0.6 is 0 Å². The van der Waals surface area contributed by atoms with E-state index in [1.807, 2.05) is 55.8 Å². The number of hydrogen-bond donors (Lipinski definition) is 2. The molecular weight excluding hydrogens is 374 g/mol. The van der Waals surface area contributed by atoms with E-state index in [1.165, 1.54) is 0 Å². The first-order chi connectivity index (χ1) is 14.4. The van der Waals surface area contributed by atoms with Crippen molar-refractivity contribution in [2.45, 2.75) is 39.3 Å². The predicted octanol–water partition coefficient (Wildman–Crippen LogP) is 4.70. The molecule has 6 heteroatoms. The van der Waals surface area contributed by atoms with Crippen LogP contribution in [0.4, 0.5) is 16.2 Å². The Labute approximate surface area is 178 Å². The van der Waals surface area contributed by atoms with Crippen LogP contribution in [0.25, 0.3) is 0 Å². The van der Waals surface area contributed by atoms with Gasteiger partial charge < -0.3 is 20.1 Å². The summed E-state index contributed by atoms with van der Waals surface area (Å²) in [6, 6.07) is 18.0. The number of hydrogen-bond acceptors (Lipinski definition) is 3. The van der Waals surface area contributed by atoms with Gasteiger partial charge in [-0.05, 0) is 36.8 Å². The summed E-state index contributed by atoms with van der Waals surface area (Å²) in [5.74, 6) is 1.42. The van der Waals surface area contributed by atoms with Crippen molar-refractivity contribution in [2.24, 2.45) is 0 Å². The maximum Gasteiger partial charge on any atom is 0.319 e. The molecule has 1 heterocycles. The van der Waals surface area contributed by atoms with Gasteiger partial charge >= 0.3 is 6.03 Å². The number of nitrogens with one attached hydrogen (secondary N) is 2. The van der Waals surface area contributed by atoms with E-state index in [9.17, 15) is 4.79 Å². The van der Waals surface area contributed by atoms with Gasteiger partial charge in [-0.15, -0.1) is 0 Å². The van der Waals surface area contributed by atoms with Crippen molar-refractivity contribution in [3.05, 3.63) is 78.4 Å². The zero-order valence-corrected chi connectivity index (χ0v) is 18.2. The Morgan fingerprint density at radius 3 is 2.60 bits per heavy atom. The lowest BCUT2D eigenvalue weighted by Gasteiger charge is -2.27. The van der Waals surface area contributed by atoms with E-state index in [2.05, 4.69) is 64.1 Å². The molecule has 0 aliphatic rings. The summed E-state index contributed by atoms with van der Waals surface area (Å²) in [4.78, 5) is 19.0. The fraction of sp³-hybridized carbons (Fsp3) is 0.333. The minimum absolute atomic E-state index is 0.167. The summed E-state index contributed by atoms with van der Waals surface area (Å²) in [7, 11) is 2.03. The van der Waals surface area contributed by atoms with Crippen LogP contribution < -0.4 is 15.5 Å². The lowest BCUT2D eigenvalue weighted by atomic mass is 10.1. The minimum atomic E-state index is -0.203. The average Bonchev–Trinajstić information content (AvgIpc) is 3.21. The van der Waals surface area contributed by atoms with Gasteiger partial charge in [0.2, 0.25) is 0 Å². The van der Waals surface area contributed by atoms with E-state index in [0.29, 0.717) is 12.5 Å². The number of anilines is 2. The zero-order chi connectivity index (χ0) is 21.5. The lowest BCUT2D eigenvalue weighted by molar-refractivity contribution is 0.251. The number of para-hydroxylation sites is 1. The third-order valence-electron chi connectivity index (χ3n) is 5.18. The van der Waals surface area contributed by atoms with Crippen molar-refractivity contribution in [1.29, 1.82) is 0 Å². The Morgan fingerprint density at radius 1 is 1.10 bits per heavy atom. The lowest BCUT2D eigenvalue weighted by Crippen LogP contribution is -2.41. The standard InChI is InChI=1S/C24H31N5O/c1-18(2)23-25-13-14-29(23)17-20-9-8-10-21(15-20)27-24(30)26-16-19(3)28(4)22-11-6-5-7-12-22/h5-15,18-19H,16-17H2,1-4H3,(H2,26,27,30). The first kappa shape index (κ1) is 21.4. The third kappa shape index (κ3) is 5.63. The molecule has 158 valence electrons. The smallest absolute Gasteiger partial charge is 0.319 e. The molecule has 0 saturated heterocycles. The molecule has 1 unspecified atom stereocenters. The maximum absolute atomic E-state index is 12.4. The molecular formula is C24H31N5O. The molecule has 30 heavy (non-hydrogen) atoms. The number of nitrogens with zero attached hydrogens (tertiary/aromatic N) is 3. The molecule has 0 bridgehead atoms. The topological polar surface area (TPSA) is 62.2 Å². The number of amides is 2. The van der Waals surface area contributed by atoms with E-state index in [1.54, 1.807) is 0 Å². The summed E-state index contributed by atoms with van der Waals surface area (Å²) >= 11 is 0. The monoisotopic (exact) mass is 405 g/mol. The Kier molecular flexibility index (Phi) is 7.12. The van der Waals surface area contributed by atoms with Crippen molar-refractivity contribution in [2.75, 3.05) is 23.8 Å². The highest BCUT2D eigenvalue weighted by Gasteiger charge is 2.12. The Bertz CT molecular complexity index is 951. The molecule has 3 rings (SSSR count). The predicted molar refractivity (Wildman–Crippen MR) is 123 cm³/mol. The minimum Gasteiger partial charge on any atom is -0.370 e. The number of carbonyl (C=O) groups excluding carboxylic acids is 1. The fourth-order valence-corrected chi connectivity index (χ4v) is 3.37. The van der Waals surface area contributed by atoms with Crippen molar-refractivity contribution in [1.82, 2.24) is 14.9 Å². The molecule has 2 N–H and O–H groups in total. The highest BCUT2D eigenvalue weighted by atomic mass is 16.2. The first-order valence-corrected chi connectivity index (χ1v) is 10.4. The quantitative estimate of drug-likeness (QED) is 0.571. The normalized spacial score (nSPS) is 11.9. The second-order valence-corrected chi connectivity index (χ2v) is 7.90. The Hall–Kier alpha value is -3.28. The molecule has 2 aromatic carbocycles. The van der Waals surface area contributed by atoms with Gasteiger partial charge in [-0.3, -0.25) is 0 Å². The zero-order valence-electron chi connectivity index (χ0n) is 18.2. The second kappa shape index (κ2) is 9.96. The average molecular weight is 406 g/mol. The van der Waals surface area contributed by atoms with Crippen LogP contribution in [0.5, 0.6) is 0 Å². The van der Waals surface area contributed by atoms with Gasteiger partial charge in [-0.1, -0.05) is 44.2 Å². The van der Waals surface area contributed by atoms with Crippen LogP contribution in [0.1, 0.15) is 38.1 Å². The maximum atomic E-state index is 12.4. The van der Waals surface area contributed by atoms with E-state index < -0.39 is 0 Å². The summed E-state index contributed by atoms with van der Waals surface area (Å²) in [6.07, 6.45) is 3.82. The highest BCUT2D eigenvalue weighted by molar-refractivity contribution is 5.89. The molecule has 0 aliphatic carbocycles. The van der Waals surface area contributed by atoms with Gasteiger partial charge in [-0.25, -0.2) is 9.78 Å². The molecule has 3 aromatic rings. The number of likely N-dealkylation sites (N-methyl/N-ethyl adjacent to an activating group) is 1. The van der Waals surface area contributed by atoms with Gasteiger partial charge in [0.25, 0.3) is 0 Å². The molecule has 0 spiro atoms. The van der Waals surface area contributed by atoms with Gasteiger partial charge in [0.05, 0.1) is 0 Å². The molecule has 0 radical (unpaired) electrons. The van der Waals surface area contributed by atoms with Crippen LogP contribution in [0, 0.1) is 0 Å². The Morgan fingerprint density at radius 2 is 1.87 bits per heavy atom. The van der Waals surface area contributed by atoms with Crippen molar-refractivity contribution >= 4 is 17.4 Å².